The Balaban J connectivity index is 2.01. The molecule has 0 radical (unpaired) electrons. The predicted molar refractivity (Wildman–Crippen MR) is 68.7 cm³/mol. The highest BCUT2D eigenvalue weighted by molar-refractivity contribution is 5.82. The van der Waals surface area contributed by atoms with Gasteiger partial charge in [-0.05, 0) is 25.0 Å². The van der Waals surface area contributed by atoms with Crippen molar-refractivity contribution in [2.75, 3.05) is 18.0 Å². The third-order valence-electron chi connectivity index (χ3n) is 3.15. The first kappa shape index (κ1) is 12.5. The Morgan fingerprint density at radius 1 is 1.50 bits per heavy atom. The fourth-order valence-electron chi connectivity index (χ4n) is 2.29. The van der Waals surface area contributed by atoms with Gasteiger partial charge in [-0.3, -0.25) is 9.59 Å². The molecule has 0 bridgehead atoms. The van der Waals surface area contributed by atoms with E-state index in [9.17, 15) is 9.59 Å². The number of anilines is 1. The molecule has 1 aromatic heterocycles. The highest BCUT2D eigenvalue weighted by Crippen LogP contribution is 2.20. The minimum atomic E-state index is 0.0138. The van der Waals surface area contributed by atoms with Crippen LogP contribution in [0.5, 0.6) is 0 Å². The van der Waals surface area contributed by atoms with E-state index in [1.165, 1.54) is 6.92 Å². The third kappa shape index (κ3) is 2.85. The van der Waals surface area contributed by atoms with Gasteiger partial charge in [0.25, 0.3) is 0 Å². The molecule has 1 aliphatic heterocycles. The highest BCUT2D eigenvalue weighted by Gasteiger charge is 2.21. The van der Waals surface area contributed by atoms with Gasteiger partial charge in [0.15, 0.2) is 6.29 Å². The van der Waals surface area contributed by atoms with Crippen LogP contribution < -0.4 is 10.2 Å². The first-order valence-corrected chi connectivity index (χ1v) is 6.13. The lowest BCUT2D eigenvalue weighted by atomic mass is 10.0. The molecule has 96 valence electrons. The zero-order valence-corrected chi connectivity index (χ0v) is 10.4. The Kier molecular flexibility index (Phi) is 3.92. The number of hydrogen-bond acceptors (Lipinski definition) is 4. The van der Waals surface area contributed by atoms with Crippen LogP contribution in [0.2, 0.25) is 0 Å². The number of piperidine rings is 1. The number of aldehydes is 1. The Labute approximate surface area is 106 Å². The highest BCUT2D eigenvalue weighted by atomic mass is 16.1. The molecule has 0 atom stereocenters. The molecule has 0 spiro atoms. The minimum Gasteiger partial charge on any atom is -0.356 e. The van der Waals surface area contributed by atoms with Crippen molar-refractivity contribution in [2.45, 2.75) is 25.8 Å². The van der Waals surface area contributed by atoms with Gasteiger partial charge in [-0.25, -0.2) is 4.98 Å². The molecule has 1 aromatic rings. The lowest BCUT2D eigenvalue weighted by Crippen LogP contribution is -2.44. The van der Waals surface area contributed by atoms with Crippen molar-refractivity contribution in [2.24, 2.45) is 0 Å². The maximum atomic E-state index is 11.0. The SMILES string of the molecule is CC(=O)NC1CCN(c2ncccc2C=O)CC1. The lowest BCUT2D eigenvalue weighted by Gasteiger charge is -2.33. The van der Waals surface area contributed by atoms with E-state index in [1.807, 2.05) is 0 Å². The maximum absolute atomic E-state index is 11.0. The Morgan fingerprint density at radius 3 is 2.83 bits per heavy atom. The number of nitrogens with zero attached hydrogens (tertiary/aromatic N) is 2. The average Bonchev–Trinajstić information content (AvgIpc) is 2.39. The van der Waals surface area contributed by atoms with Crippen molar-refractivity contribution in [1.29, 1.82) is 0 Å². The molecule has 1 N–H and O–H groups in total. The van der Waals surface area contributed by atoms with Crippen LogP contribution in [0.4, 0.5) is 5.82 Å². The van der Waals surface area contributed by atoms with Crippen LogP contribution in [-0.4, -0.2) is 36.3 Å². The fourth-order valence-corrected chi connectivity index (χ4v) is 2.29. The molecule has 1 aliphatic rings. The van der Waals surface area contributed by atoms with Crippen LogP contribution in [0.3, 0.4) is 0 Å². The largest absolute Gasteiger partial charge is 0.356 e. The van der Waals surface area contributed by atoms with Crippen molar-refractivity contribution in [3.8, 4) is 0 Å². The first-order valence-electron chi connectivity index (χ1n) is 6.13. The molecule has 0 aliphatic carbocycles. The molecule has 2 heterocycles. The fraction of sp³-hybridized carbons (Fsp3) is 0.462. The van der Waals surface area contributed by atoms with Gasteiger partial charge in [0.2, 0.25) is 5.91 Å². The summed E-state index contributed by atoms with van der Waals surface area (Å²) in [5.74, 6) is 0.758. The molecule has 1 amide bonds. The van der Waals surface area contributed by atoms with E-state index in [0.29, 0.717) is 5.56 Å². The second kappa shape index (κ2) is 5.62. The number of carbonyl (C=O) groups is 2. The van der Waals surface area contributed by atoms with Gasteiger partial charge >= 0.3 is 0 Å². The van der Waals surface area contributed by atoms with Crippen molar-refractivity contribution >= 4 is 18.0 Å². The molecule has 0 aromatic carbocycles. The van der Waals surface area contributed by atoms with Crippen LogP contribution in [0.25, 0.3) is 0 Å². The van der Waals surface area contributed by atoms with Crippen molar-refractivity contribution in [3.63, 3.8) is 0 Å². The minimum absolute atomic E-state index is 0.0138. The summed E-state index contributed by atoms with van der Waals surface area (Å²) in [7, 11) is 0. The van der Waals surface area contributed by atoms with Crippen LogP contribution in [-0.2, 0) is 4.79 Å². The molecule has 18 heavy (non-hydrogen) atoms. The lowest BCUT2D eigenvalue weighted by molar-refractivity contribution is -0.119. The summed E-state index contributed by atoms with van der Waals surface area (Å²) in [6.07, 6.45) is 4.30. The van der Waals surface area contributed by atoms with Crippen molar-refractivity contribution in [3.05, 3.63) is 23.9 Å². The third-order valence-corrected chi connectivity index (χ3v) is 3.15. The Bertz CT molecular complexity index is 440. The molecular weight excluding hydrogens is 230 g/mol. The number of hydrogen-bond donors (Lipinski definition) is 1. The molecule has 0 unspecified atom stereocenters. The van der Waals surface area contributed by atoms with Gasteiger partial charge < -0.3 is 10.2 Å². The summed E-state index contributed by atoms with van der Waals surface area (Å²) in [5.41, 5.74) is 0.621. The molecule has 5 heteroatoms. The van der Waals surface area contributed by atoms with E-state index in [4.69, 9.17) is 0 Å². The monoisotopic (exact) mass is 247 g/mol. The maximum Gasteiger partial charge on any atom is 0.217 e. The zero-order valence-electron chi connectivity index (χ0n) is 10.4. The zero-order chi connectivity index (χ0) is 13.0. The summed E-state index contributed by atoms with van der Waals surface area (Å²) >= 11 is 0. The second-order valence-electron chi connectivity index (χ2n) is 4.50. The van der Waals surface area contributed by atoms with Gasteiger partial charge in [0.05, 0.1) is 5.56 Å². The average molecular weight is 247 g/mol. The van der Waals surface area contributed by atoms with Gasteiger partial charge in [0, 0.05) is 32.3 Å². The number of pyridine rings is 1. The summed E-state index contributed by atoms with van der Waals surface area (Å²) in [6, 6.07) is 3.77. The van der Waals surface area contributed by atoms with Crippen LogP contribution >= 0.6 is 0 Å². The van der Waals surface area contributed by atoms with Crippen molar-refractivity contribution < 1.29 is 9.59 Å². The first-order chi connectivity index (χ1) is 8.70. The van der Waals surface area contributed by atoms with E-state index in [2.05, 4.69) is 15.2 Å². The normalized spacial score (nSPS) is 16.4. The number of amides is 1. The van der Waals surface area contributed by atoms with Gasteiger partial charge in [-0.15, -0.1) is 0 Å². The quantitative estimate of drug-likeness (QED) is 0.809. The van der Waals surface area contributed by atoms with Crippen LogP contribution in [0, 0.1) is 0 Å². The summed E-state index contributed by atoms with van der Waals surface area (Å²) in [6.45, 7) is 3.15. The summed E-state index contributed by atoms with van der Waals surface area (Å²) in [5, 5.41) is 2.93. The van der Waals surface area contributed by atoms with E-state index in [-0.39, 0.29) is 11.9 Å². The Hall–Kier alpha value is -1.91. The van der Waals surface area contributed by atoms with Gasteiger partial charge in [-0.2, -0.15) is 0 Å². The van der Waals surface area contributed by atoms with Crippen molar-refractivity contribution in [1.82, 2.24) is 10.3 Å². The van der Waals surface area contributed by atoms with E-state index in [1.54, 1.807) is 18.3 Å². The van der Waals surface area contributed by atoms with Gasteiger partial charge in [-0.1, -0.05) is 0 Å². The smallest absolute Gasteiger partial charge is 0.217 e. The summed E-state index contributed by atoms with van der Waals surface area (Å²) in [4.78, 5) is 28.3. The molecule has 5 nitrogen and oxygen atoms in total. The molecule has 1 saturated heterocycles. The van der Waals surface area contributed by atoms with Crippen LogP contribution in [0.1, 0.15) is 30.1 Å². The standard InChI is InChI=1S/C13H17N3O2/c1-10(18)15-12-4-7-16(8-5-12)13-11(9-17)3-2-6-14-13/h2-3,6,9,12H,4-5,7-8H2,1H3,(H,15,18). The van der Waals surface area contributed by atoms with E-state index in [0.717, 1.165) is 38.0 Å². The Morgan fingerprint density at radius 2 is 2.22 bits per heavy atom. The number of aromatic nitrogens is 1. The molecule has 2 rings (SSSR count). The summed E-state index contributed by atoms with van der Waals surface area (Å²) < 4.78 is 0. The second-order valence-corrected chi connectivity index (χ2v) is 4.50. The predicted octanol–water partition coefficient (Wildman–Crippen LogP) is 0.999. The van der Waals surface area contributed by atoms with E-state index >= 15 is 0 Å². The van der Waals surface area contributed by atoms with E-state index < -0.39 is 0 Å². The molecule has 1 fully saturated rings. The number of carbonyl (C=O) groups excluding carboxylic acids is 2. The van der Waals surface area contributed by atoms with Gasteiger partial charge in [0.1, 0.15) is 5.82 Å². The topological polar surface area (TPSA) is 62.3 Å². The number of nitrogens with one attached hydrogen (secondary N) is 1. The number of rotatable bonds is 3. The molecular formula is C13H17N3O2. The van der Waals surface area contributed by atoms with Crippen LogP contribution in [0.15, 0.2) is 18.3 Å². The molecule has 0 saturated carbocycles.